The van der Waals surface area contributed by atoms with Gasteiger partial charge in [0.1, 0.15) is 11.8 Å². The van der Waals surface area contributed by atoms with E-state index in [0.717, 1.165) is 16.5 Å². The number of amides is 2. The Morgan fingerprint density at radius 1 is 1.06 bits per heavy atom. The minimum Gasteiger partial charge on any atom is -0.483 e. The molecule has 0 aliphatic heterocycles. The molecule has 0 aliphatic carbocycles. The first-order valence-electron chi connectivity index (χ1n) is 12.1. The Balaban J connectivity index is 2.18. The number of rotatable bonds is 11. The molecule has 186 valence electrons. The van der Waals surface area contributed by atoms with E-state index in [4.69, 9.17) is 4.74 Å². The van der Waals surface area contributed by atoms with Crippen LogP contribution < -0.4 is 10.1 Å². The molecule has 2 atom stereocenters. The van der Waals surface area contributed by atoms with Crippen molar-refractivity contribution in [2.45, 2.75) is 78.3 Å². The molecule has 2 aromatic rings. The molecular formula is C28H39BrN2O3. The third kappa shape index (κ3) is 8.15. The number of carbonyl (C=O) groups excluding carboxylic acids is 2. The van der Waals surface area contributed by atoms with Crippen LogP contribution in [0, 0.1) is 0 Å². The summed E-state index contributed by atoms with van der Waals surface area (Å²) in [4.78, 5) is 28.0. The SMILES string of the molecule is CC[C@H](C)NC(=O)[C@H](CC)N(CCc1ccccc1)C(=O)COc1ccc(C(C)(C)C)cc1Br. The Hall–Kier alpha value is -2.34. The van der Waals surface area contributed by atoms with Crippen LogP contribution >= 0.6 is 15.9 Å². The molecule has 1 N–H and O–H groups in total. The molecule has 0 radical (unpaired) electrons. The number of halogens is 1. The van der Waals surface area contributed by atoms with Crippen LogP contribution in [0.2, 0.25) is 0 Å². The number of hydrogen-bond donors (Lipinski definition) is 1. The van der Waals surface area contributed by atoms with Crippen molar-refractivity contribution in [1.82, 2.24) is 10.2 Å². The molecule has 0 saturated heterocycles. The lowest BCUT2D eigenvalue weighted by molar-refractivity contribution is -0.142. The molecule has 2 rings (SSSR count). The van der Waals surface area contributed by atoms with E-state index in [1.54, 1.807) is 4.90 Å². The maximum absolute atomic E-state index is 13.3. The zero-order valence-corrected chi connectivity index (χ0v) is 22.9. The summed E-state index contributed by atoms with van der Waals surface area (Å²) >= 11 is 3.57. The zero-order valence-electron chi connectivity index (χ0n) is 21.4. The van der Waals surface area contributed by atoms with Crippen LogP contribution in [0.1, 0.15) is 65.5 Å². The smallest absolute Gasteiger partial charge is 0.261 e. The molecule has 0 heterocycles. The second-order valence-corrected chi connectivity index (χ2v) is 10.6. The van der Waals surface area contributed by atoms with Gasteiger partial charge < -0.3 is 15.0 Å². The number of nitrogens with zero attached hydrogens (tertiary/aromatic N) is 1. The standard InChI is InChI=1S/C28H39BrN2O3/c1-7-20(3)30-27(33)24(8-2)31(17-16-21-12-10-9-11-13-21)26(32)19-34-25-15-14-22(18-23(25)29)28(4,5)6/h9-15,18,20,24H,7-8,16-17,19H2,1-6H3,(H,30,33)/t20-,24-/m0/s1. The minimum absolute atomic E-state index is 0.0163. The molecule has 0 bridgehead atoms. The lowest BCUT2D eigenvalue weighted by atomic mass is 9.87. The van der Waals surface area contributed by atoms with Crippen molar-refractivity contribution in [3.63, 3.8) is 0 Å². The lowest BCUT2D eigenvalue weighted by Crippen LogP contribution is -2.52. The normalized spacial score (nSPS) is 13.1. The highest BCUT2D eigenvalue weighted by atomic mass is 79.9. The van der Waals surface area contributed by atoms with Gasteiger partial charge in [0.25, 0.3) is 5.91 Å². The fourth-order valence-electron chi connectivity index (χ4n) is 3.64. The predicted molar refractivity (Wildman–Crippen MR) is 142 cm³/mol. The third-order valence-corrected chi connectivity index (χ3v) is 6.64. The fraction of sp³-hybridized carbons (Fsp3) is 0.500. The second-order valence-electron chi connectivity index (χ2n) is 9.75. The van der Waals surface area contributed by atoms with Crippen molar-refractivity contribution in [3.05, 3.63) is 64.1 Å². The van der Waals surface area contributed by atoms with E-state index >= 15 is 0 Å². The molecular weight excluding hydrogens is 492 g/mol. The topological polar surface area (TPSA) is 58.6 Å². The molecule has 0 fully saturated rings. The Morgan fingerprint density at radius 2 is 1.74 bits per heavy atom. The Morgan fingerprint density at radius 3 is 2.29 bits per heavy atom. The number of hydrogen-bond acceptors (Lipinski definition) is 3. The molecule has 0 aliphatic rings. The summed E-state index contributed by atoms with van der Waals surface area (Å²) in [5, 5.41) is 3.04. The number of ether oxygens (including phenoxy) is 1. The highest BCUT2D eigenvalue weighted by Crippen LogP contribution is 2.31. The Labute approximate surface area is 213 Å². The maximum Gasteiger partial charge on any atom is 0.261 e. The lowest BCUT2D eigenvalue weighted by Gasteiger charge is -2.31. The van der Waals surface area contributed by atoms with Crippen molar-refractivity contribution in [1.29, 1.82) is 0 Å². The quantitative estimate of drug-likeness (QED) is 0.394. The molecule has 34 heavy (non-hydrogen) atoms. The van der Waals surface area contributed by atoms with Gasteiger partial charge in [-0.3, -0.25) is 9.59 Å². The molecule has 5 nitrogen and oxygen atoms in total. The first-order valence-corrected chi connectivity index (χ1v) is 12.9. The van der Waals surface area contributed by atoms with Crippen LogP contribution in [0.25, 0.3) is 0 Å². The minimum atomic E-state index is -0.541. The molecule has 6 heteroatoms. The Bertz CT molecular complexity index is 940. The average molecular weight is 532 g/mol. The number of carbonyl (C=O) groups is 2. The maximum atomic E-state index is 13.3. The second kappa shape index (κ2) is 12.9. The number of benzene rings is 2. The molecule has 0 spiro atoms. The van der Waals surface area contributed by atoms with Crippen molar-refractivity contribution >= 4 is 27.7 Å². The molecule has 2 aromatic carbocycles. The van der Waals surface area contributed by atoms with Crippen molar-refractivity contribution in [2.24, 2.45) is 0 Å². The van der Waals surface area contributed by atoms with Gasteiger partial charge >= 0.3 is 0 Å². The summed E-state index contributed by atoms with van der Waals surface area (Å²) in [5.74, 6) is 0.296. The first kappa shape index (κ1) is 27.9. The van der Waals surface area contributed by atoms with Crippen LogP contribution in [-0.2, 0) is 21.4 Å². The zero-order chi connectivity index (χ0) is 25.3. The van der Waals surface area contributed by atoms with E-state index in [0.29, 0.717) is 25.1 Å². The van der Waals surface area contributed by atoms with E-state index in [2.05, 4.69) is 42.0 Å². The van der Waals surface area contributed by atoms with Crippen LogP contribution in [0.15, 0.2) is 53.0 Å². The van der Waals surface area contributed by atoms with Gasteiger partial charge in [0.2, 0.25) is 5.91 Å². The van der Waals surface area contributed by atoms with E-state index in [1.807, 2.05) is 69.3 Å². The van der Waals surface area contributed by atoms with Crippen LogP contribution in [0.4, 0.5) is 0 Å². The van der Waals surface area contributed by atoms with E-state index in [9.17, 15) is 9.59 Å². The van der Waals surface area contributed by atoms with Crippen molar-refractivity contribution < 1.29 is 14.3 Å². The van der Waals surface area contributed by atoms with E-state index in [-0.39, 0.29) is 29.9 Å². The molecule has 0 aromatic heterocycles. The van der Waals surface area contributed by atoms with Crippen LogP contribution in [0.3, 0.4) is 0 Å². The molecule has 0 saturated carbocycles. The van der Waals surface area contributed by atoms with Gasteiger partial charge in [-0.2, -0.15) is 0 Å². The largest absolute Gasteiger partial charge is 0.483 e. The highest BCUT2D eigenvalue weighted by Gasteiger charge is 2.29. The Kier molecular flexibility index (Phi) is 10.6. The van der Waals surface area contributed by atoms with Gasteiger partial charge in [-0.05, 0) is 70.8 Å². The summed E-state index contributed by atoms with van der Waals surface area (Å²) in [6.45, 7) is 12.7. The van der Waals surface area contributed by atoms with Gasteiger partial charge in [0, 0.05) is 12.6 Å². The van der Waals surface area contributed by atoms with Gasteiger partial charge in [-0.1, -0.05) is 71.0 Å². The average Bonchev–Trinajstić information content (AvgIpc) is 2.80. The van der Waals surface area contributed by atoms with E-state index < -0.39 is 6.04 Å². The number of nitrogens with one attached hydrogen (secondary N) is 1. The van der Waals surface area contributed by atoms with Gasteiger partial charge in [0.15, 0.2) is 6.61 Å². The van der Waals surface area contributed by atoms with Crippen LogP contribution in [-0.4, -0.2) is 41.9 Å². The van der Waals surface area contributed by atoms with Crippen LogP contribution in [0.5, 0.6) is 5.75 Å². The summed E-state index contributed by atoms with van der Waals surface area (Å²) in [6, 6.07) is 15.5. The molecule has 2 amide bonds. The van der Waals surface area contributed by atoms with Crippen molar-refractivity contribution in [2.75, 3.05) is 13.2 Å². The van der Waals surface area contributed by atoms with E-state index in [1.165, 1.54) is 5.56 Å². The van der Waals surface area contributed by atoms with Gasteiger partial charge in [-0.25, -0.2) is 0 Å². The first-order chi connectivity index (χ1) is 16.1. The van der Waals surface area contributed by atoms with Gasteiger partial charge in [-0.15, -0.1) is 0 Å². The highest BCUT2D eigenvalue weighted by molar-refractivity contribution is 9.10. The monoisotopic (exact) mass is 530 g/mol. The summed E-state index contributed by atoms with van der Waals surface area (Å²) in [7, 11) is 0. The summed E-state index contributed by atoms with van der Waals surface area (Å²) in [5.41, 5.74) is 2.32. The summed E-state index contributed by atoms with van der Waals surface area (Å²) < 4.78 is 6.72. The predicted octanol–water partition coefficient (Wildman–Crippen LogP) is 5.89. The van der Waals surface area contributed by atoms with Crippen molar-refractivity contribution in [3.8, 4) is 5.75 Å². The van der Waals surface area contributed by atoms with Gasteiger partial charge in [0.05, 0.1) is 4.47 Å². The third-order valence-electron chi connectivity index (χ3n) is 6.02. The fourth-order valence-corrected chi connectivity index (χ4v) is 4.14. The molecule has 0 unspecified atom stereocenters. The summed E-state index contributed by atoms with van der Waals surface area (Å²) in [6.07, 6.45) is 2.04.